The lowest BCUT2D eigenvalue weighted by atomic mass is 10.1. The molecular weight excluding hydrogens is 369 g/mol. The fourth-order valence-corrected chi connectivity index (χ4v) is 3.16. The van der Waals surface area contributed by atoms with Crippen LogP contribution < -0.4 is 10.3 Å². The lowest BCUT2D eigenvalue weighted by molar-refractivity contribution is -0.131. The van der Waals surface area contributed by atoms with Crippen LogP contribution in [0.3, 0.4) is 0 Å². The van der Waals surface area contributed by atoms with E-state index in [1.807, 2.05) is 0 Å². The van der Waals surface area contributed by atoms with E-state index in [0.29, 0.717) is 27.9 Å². The molecule has 0 spiro atoms. The molecule has 1 aliphatic heterocycles. The molecule has 9 nitrogen and oxygen atoms in total. The van der Waals surface area contributed by atoms with Crippen LogP contribution in [-0.4, -0.2) is 44.0 Å². The molecule has 1 aliphatic rings. The van der Waals surface area contributed by atoms with Crippen molar-refractivity contribution in [3.63, 3.8) is 0 Å². The maximum absolute atomic E-state index is 13.9. The van der Waals surface area contributed by atoms with Gasteiger partial charge in [0.15, 0.2) is 12.4 Å². The van der Waals surface area contributed by atoms with Gasteiger partial charge in [-0.3, -0.25) is 18.8 Å². The van der Waals surface area contributed by atoms with E-state index in [-0.39, 0.29) is 38.0 Å². The number of nitrogens with zero attached hydrogens (tertiary/aromatic N) is 5. The Kier molecular flexibility index (Phi) is 4.55. The summed E-state index contributed by atoms with van der Waals surface area (Å²) in [6.07, 6.45) is 2.75. The second-order valence-corrected chi connectivity index (χ2v) is 6.60. The molecule has 10 heteroatoms. The van der Waals surface area contributed by atoms with Crippen molar-refractivity contribution in [1.82, 2.24) is 24.2 Å². The first-order chi connectivity index (χ1) is 13.4. The summed E-state index contributed by atoms with van der Waals surface area (Å²) in [6, 6.07) is 2.69. The van der Waals surface area contributed by atoms with Crippen LogP contribution in [0.1, 0.15) is 11.1 Å². The highest BCUT2D eigenvalue weighted by molar-refractivity contribution is 5.77. The minimum Gasteiger partial charge on any atom is -0.467 e. The minimum atomic E-state index is -0.425. The molecule has 1 amide bonds. The topological polar surface area (TPSA) is 91.5 Å². The second-order valence-electron chi connectivity index (χ2n) is 6.60. The molecular formula is C18H18FN5O4. The summed E-state index contributed by atoms with van der Waals surface area (Å²) in [5.74, 6) is -0.216. The van der Waals surface area contributed by atoms with Crippen LogP contribution in [0, 0.1) is 5.82 Å². The van der Waals surface area contributed by atoms with Crippen LogP contribution in [-0.2, 0) is 36.3 Å². The number of halogens is 1. The Labute approximate surface area is 158 Å². The fourth-order valence-electron chi connectivity index (χ4n) is 3.16. The van der Waals surface area contributed by atoms with E-state index in [1.54, 1.807) is 14.1 Å². The molecule has 0 fully saturated rings. The maximum Gasteiger partial charge on any atom is 0.264 e. The number of benzene rings is 1. The molecule has 0 unspecified atom stereocenters. The van der Waals surface area contributed by atoms with Gasteiger partial charge in [-0.2, -0.15) is 5.10 Å². The molecule has 0 aliphatic carbocycles. The van der Waals surface area contributed by atoms with Gasteiger partial charge in [0.1, 0.15) is 29.8 Å². The Hall–Kier alpha value is -3.27. The van der Waals surface area contributed by atoms with Crippen LogP contribution in [0.15, 0.2) is 29.5 Å². The SMILES string of the molecule is CN(Cc1cc(F)cc2c1OCOC2)C(=O)Cn1cnc2c(cnn2C)c1=O. The van der Waals surface area contributed by atoms with Crippen LogP contribution in [0.2, 0.25) is 0 Å². The van der Waals surface area contributed by atoms with E-state index in [9.17, 15) is 14.0 Å². The third-order valence-corrected chi connectivity index (χ3v) is 4.61. The van der Waals surface area contributed by atoms with Crippen molar-refractivity contribution in [2.24, 2.45) is 7.05 Å². The van der Waals surface area contributed by atoms with E-state index in [2.05, 4.69) is 10.1 Å². The van der Waals surface area contributed by atoms with Crippen molar-refractivity contribution in [2.45, 2.75) is 19.7 Å². The Morgan fingerprint density at radius 3 is 3.04 bits per heavy atom. The smallest absolute Gasteiger partial charge is 0.264 e. The number of amides is 1. The minimum absolute atomic E-state index is 0.0789. The molecule has 3 aromatic rings. The van der Waals surface area contributed by atoms with E-state index in [4.69, 9.17) is 9.47 Å². The van der Waals surface area contributed by atoms with Gasteiger partial charge in [-0.25, -0.2) is 9.37 Å². The second kappa shape index (κ2) is 7.04. The predicted octanol–water partition coefficient (Wildman–Crippen LogP) is 0.794. The van der Waals surface area contributed by atoms with Gasteiger partial charge in [-0.1, -0.05) is 0 Å². The molecule has 0 radical (unpaired) electrons. The Morgan fingerprint density at radius 2 is 2.21 bits per heavy atom. The first kappa shape index (κ1) is 18.1. The maximum atomic E-state index is 13.9. The third kappa shape index (κ3) is 3.22. The highest BCUT2D eigenvalue weighted by Crippen LogP contribution is 2.30. The number of rotatable bonds is 4. The summed E-state index contributed by atoms with van der Waals surface area (Å²) in [5, 5.41) is 4.34. The van der Waals surface area contributed by atoms with Gasteiger partial charge in [-0.05, 0) is 12.1 Å². The molecule has 146 valence electrons. The van der Waals surface area contributed by atoms with Gasteiger partial charge in [0.2, 0.25) is 5.91 Å². The molecule has 0 N–H and O–H groups in total. The number of likely N-dealkylation sites (N-methyl/N-ethyl adjacent to an activating group) is 1. The third-order valence-electron chi connectivity index (χ3n) is 4.61. The number of hydrogen-bond donors (Lipinski definition) is 0. The van der Waals surface area contributed by atoms with Crippen molar-refractivity contribution in [3.8, 4) is 5.75 Å². The summed E-state index contributed by atoms with van der Waals surface area (Å²) in [4.78, 5) is 30.7. The van der Waals surface area contributed by atoms with Gasteiger partial charge >= 0.3 is 0 Å². The normalized spacial score (nSPS) is 13.2. The fraction of sp³-hybridized carbons (Fsp3) is 0.333. The lowest BCUT2D eigenvalue weighted by Crippen LogP contribution is -2.34. The molecule has 0 saturated carbocycles. The van der Waals surface area contributed by atoms with E-state index in [1.165, 1.54) is 38.8 Å². The molecule has 3 heterocycles. The number of aryl methyl sites for hydroxylation is 1. The Bertz CT molecular complexity index is 1120. The van der Waals surface area contributed by atoms with Crippen LogP contribution in [0.5, 0.6) is 5.75 Å². The van der Waals surface area contributed by atoms with Crippen molar-refractivity contribution in [1.29, 1.82) is 0 Å². The van der Waals surface area contributed by atoms with Crippen LogP contribution in [0.4, 0.5) is 4.39 Å². The zero-order chi connectivity index (χ0) is 19.8. The van der Waals surface area contributed by atoms with Gasteiger partial charge in [-0.15, -0.1) is 0 Å². The molecule has 0 saturated heterocycles. The van der Waals surface area contributed by atoms with E-state index < -0.39 is 5.82 Å². The van der Waals surface area contributed by atoms with Crippen molar-refractivity contribution < 1.29 is 18.7 Å². The predicted molar refractivity (Wildman–Crippen MR) is 95.9 cm³/mol. The molecule has 0 bridgehead atoms. The summed E-state index contributed by atoms with van der Waals surface area (Å²) < 4.78 is 27.2. The van der Waals surface area contributed by atoms with Crippen molar-refractivity contribution >= 4 is 16.9 Å². The first-order valence-electron chi connectivity index (χ1n) is 8.57. The van der Waals surface area contributed by atoms with Crippen molar-refractivity contribution in [3.05, 3.63) is 52.0 Å². The summed E-state index contributed by atoms with van der Waals surface area (Å²) in [6.45, 7) is 0.282. The van der Waals surface area contributed by atoms with Gasteiger partial charge in [0, 0.05) is 31.8 Å². The molecule has 0 atom stereocenters. The molecule has 2 aromatic heterocycles. The van der Waals surface area contributed by atoms with E-state index >= 15 is 0 Å². The highest BCUT2D eigenvalue weighted by atomic mass is 19.1. The average molecular weight is 387 g/mol. The Balaban J connectivity index is 1.54. The van der Waals surface area contributed by atoms with Crippen LogP contribution >= 0.6 is 0 Å². The largest absolute Gasteiger partial charge is 0.467 e. The average Bonchev–Trinajstić information content (AvgIpc) is 3.05. The van der Waals surface area contributed by atoms with E-state index in [0.717, 1.165) is 0 Å². The van der Waals surface area contributed by atoms with Gasteiger partial charge in [0.05, 0.1) is 12.8 Å². The quantitative estimate of drug-likeness (QED) is 0.658. The number of fused-ring (bicyclic) bond motifs is 2. The molecule has 28 heavy (non-hydrogen) atoms. The number of hydrogen-bond acceptors (Lipinski definition) is 6. The number of aromatic nitrogens is 4. The number of carbonyl (C=O) groups is 1. The summed E-state index contributed by atoms with van der Waals surface area (Å²) >= 11 is 0. The number of ether oxygens (including phenoxy) is 2. The summed E-state index contributed by atoms with van der Waals surface area (Å²) in [5.41, 5.74) is 1.25. The summed E-state index contributed by atoms with van der Waals surface area (Å²) in [7, 11) is 3.27. The van der Waals surface area contributed by atoms with Gasteiger partial charge in [0.25, 0.3) is 5.56 Å². The molecule has 1 aromatic carbocycles. The monoisotopic (exact) mass is 387 g/mol. The number of carbonyl (C=O) groups excluding carboxylic acids is 1. The highest BCUT2D eigenvalue weighted by Gasteiger charge is 2.20. The van der Waals surface area contributed by atoms with Gasteiger partial charge < -0.3 is 14.4 Å². The van der Waals surface area contributed by atoms with Crippen LogP contribution in [0.25, 0.3) is 11.0 Å². The Morgan fingerprint density at radius 1 is 1.39 bits per heavy atom. The van der Waals surface area contributed by atoms with Crippen molar-refractivity contribution in [2.75, 3.05) is 13.8 Å². The molecule has 4 rings (SSSR count). The first-order valence-corrected chi connectivity index (χ1v) is 8.57. The zero-order valence-electron chi connectivity index (χ0n) is 15.4. The zero-order valence-corrected chi connectivity index (χ0v) is 15.4. The lowest BCUT2D eigenvalue weighted by Gasteiger charge is -2.24. The standard InChI is InChI=1S/C18H18FN5O4/c1-22(6-11-3-13(19)4-12-8-27-10-28-16(11)12)15(25)7-24-9-20-17-14(18(24)26)5-21-23(17)2/h3-5,9H,6-8,10H2,1-2H3.